The minimum atomic E-state index is -0.0845. The van der Waals surface area contributed by atoms with Crippen molar-refractivity contribution in [2.24, 2.45) is 0 Å². The fraction of sp³-hybridized carbons (Fsp3) is 1.00. The molecule has 1 heterocycles. The monoisotopic (exact) mass is 150 g/mol. The van der Waals surface area contributed by atoms with Crippen LogP contribution in [-0.4, -0.2) is 21.5 Å². The van der Waals surface area contributed by atoms with Crippen LogP contribution in [0.2, 0.25) is 0 Å². The second kappa shape index (κ2) is 2.99. The van der Waals surface area contributed by atoms with E-state index < -0.39 is 0 Å². The number of thiol groups is 1. The Labute approximate surface area is 59.3 Å². The van der Waals surface area contributed by atoms with Gasteiger partial charge < -0.3 is 5.11 Å². The summed E-state index contributed by atoms with van der Waals surface area (Å²) >= 11 is 6.05. The molecule has 0 aromatic carbocycles. The standard InChI is InChI=1S/C5H10OS2/c6-4-1-2-8-5(7)3-4/h4-7H,1-3H2/t4-,5+/m1/s1. The molecule has 0 spiro atoms. The zero-order chi connectivity index (χ0) is 5.98. The third-order valence-corrected chi connectivity index (χ3v) is 2.94. The molecule has 3 heteroatoms. The van der Waals surface area contributed by atoms with E-state index >= 15 is 0 Å². The second-order valence-electron chi connectivity index (χ2n) is 2.00. The summed E-state index contributed by atoms with van der Waals surface area (Å²) in [6, 6.07) is 0. The molecule has 1 aliphatic rings. The minimum Gasteiger partial charge on any atom is -0.393 e. The number of aliphatic hydroxyl groups excluding tert-OH is 1. The van der Waals surface area contributed by atoms with E-state index in [1.54, 1.807) is 0 Å². The van der Waals surface area contributed by atoms with Crippen molar-refractivity contribution in [1.82, 2.24) is 0 Å². The molecule has 8 heavy (non-hydrogen) atoms. The van der Waals surface area contributed by atoms with E-state index in [0.717, 1.165) is 18.6 Å². The molecule has 0 aromatic heterocycles. The van der Waals surface area contributed by atoms with Crippen LogP contribution in [0.15, 0.2) is 0 Å². The largest absolute Gasteiger partial charge is 0.393 e. The molecule has 0 aromatic rings. The van der Waals surface area contributed by atoms with Crippen molar-refractivity contribution < 1.29 is 5.11 Å². The first-order valence-corrected chi connectivity index (χ1v) is 4.33. The summed E-state index contributed by atoms with van der Waals surface area (Å²) in [5.41, 5.74) is 0. The molecule has 1 nitrogen and oxygen atoms in total. The molecule has 0 amide bonds. The van der Waals surface area contributed by atoms with Crippen molar-refractivity contribution in [2.75, 3.05) is 5.75 Å². The smallest absolute Gasteiger partial charge is 0.0566 e. The van der Waals surface area contributed by atoms with E-state index in [0.29, 0.717) is 4.58 Å². The SMILES string of the molecule is O[C@@H]1CCS[C@H](S)C1. The second-order valence-corrected chi connectivity index (χ2v) is 4.29. The maximum absolute atomic E-state index is 9.02. The Kier molecular flexibility index (Phi) is 2.53. The van der Waals surface area contributed by atoms with Gasteiger partial charge in [0.2, 0.25) is 0 Å². The number of hydrogen-bond donors (Lipinski definition) is 2. The van der Waals surface area contributed by atoms with Crippen LogP contribution in [-0.2, 0) is 0 Å². The van der Waals surface area contributed by atoms with E-state index in [9.17, 15) is 0 Å². The topological polar surface area (TPSA) is 20.2 Å². The molecule has 0 radical (unpaired) electrons. The van der Waals surface area contributed by atoms with Gasteiger partial charge in [-0.2, -0.15) is 12.6 Å². The molecular weight excluding hydrogens is 140 g/mol. The van der Waals surface area contributed by atoms with Crippen LogP contribution in [0.3, 0.4) is 0 Å². The van der Waals surface area contributed by atoms with E-state index in [1.165, 1.54) is 0 Å². The third-order valence-electron chi connectivity index (χ3n) is 1.24. The van der Waals surface area contributed by atoms with Crippen molar-refractivity contribution in [1.29, 1.82) is 0 Å². The molecule has 1 saturated heterocycles. The van der Waals surface area contributed by atoms with E-state index in [-0.39, 0.29) is 6.10 Å². The lowest BCUT2D eigenvalue weighted by Crippen LogP contribution is -2.18. The Morgan fingerprint density at radius 3 is 2.75 bits per heavy atom. The molecular formula is C5H10OS2. The highest BCUT2D eigenvalue weighted by atomic mass is 32.2. The summed E-state index contributed by atoms with van der Waals surface area (Å²) in [6.07, 6.45) is 1.72. The Morgan fingerprint density at radius 1 is 1.62 bits per heavy atom. The quantitative estimate of drug-likeness (QED) is 0.505. The van der Waals surface area contributed by atoms with Crippen molar-refractivity contribution in [3.8, 4) is 0 Å². The molecule has 1 N–H and O–H groups in total. The summed E-state index contributed by atoms with van der Waals surface area (Å²) in [4.78, 5) is 0. The first-order valence-electron chi connectivity index (χ1n) is 2.77. The number of rotatable bonds is 0. The predicted molar refractivity (Wildman–Crippen MR) is 40.5 cm³/mol. The Morgan fingerprint density at radius 2 is 2.38 bits per heavy atom. The highest BCUT2D eigenvalue weighted by molar-refractivity contribution is 8.10. The lowest BCUT2D eigenvalue weighted by molar-refractivity contribution is 0.163. The summed E-state index contributed by atoms with van der Waals surface area (Å²) < 4.78 is 0.374. The molecule has 0 saturated carbocycles. The molecule has 0 unspecified atom stereocenters. The van der Waals surface area contributed by atoms with Gasteiger partial charge in [0.15, 0.2) is 0 Å². The first kappa shape index (κ1) is 6.78. The van der Waals surface area contributed by atoms with Gasteiger partial charge >= 0.3 is 0 Å². The van der Waals surface area contributed by atoms with Crippen LogP contribution < -0.4 is 0 Å². The van der Waals surface area contributed by atoms with Gasteiger partial charge in [-0.1, -0.05) is 0 Å². The first-order chi connectivity index (χ1) is 3.79. The summed E-state index contributed by atoms with van der Waals surface area (Å²) in [6.45, 7) is 0. The Hall–Kier alpha value is 0.660. The van der Waals surface area contributed by atoms with Crippen LogP contribution in [0.4, 0.5) is 0 Å². The molecule has 1 aliphatic heterocycles. The summed E-state index contributed by atoms with van der Waals surface area (Å²) in [7, 11) is 0. The van der Waals surface area contributed by atoms with Gasteiger partial charge in [0.05, 0.1) is 6.10 Å². The zero-order valence-electron chi connectivity index (χ0n) is 4.58. The minimum absolute atomic E-state index is 0.0845. The van der Waals surface area contributed by atoms with Crippen LogP contribution in [0, 0.1) is 0 Å². The molecule has 2 atom stereocenters. The van der Waals surface area contributed by atoms with Gasteiger partial charge in [0.25, 0.3) is 0 Å². The fourth-order valence-corrected chi connectivity index (χ4v) is 2.36. The molecule has 48 valence electrons. The van der Waals surface area contributed by atoms with Gasteiger partial charge in [-0.15, -0.1) is 11.8 Å². The molecule has 1 fully saturated rings. The highest BCUT2D eigenvalue weighted by Crippen LogP contribution is 2.27. The maximum Gasteiger partial charge on any atom is 0.0566 e. The average Bonchev–Trinajstić information content (AvgIpc) is 1.64. The van der Waals surface area contributed by atoms with E-state index in [4.69, 9.17) is 5.11 Å². The summed E-state index contributed by atoms with van der Waals surface area (Å²) in [5, 5.41) is 9.02. The van der Waals surface area contributed by atoms with Gasteiger partial charge in [0.1, 0.15) is 0 Å². The third kappa shape index (κ3) is 1.88. The van der Waals surface area contributed by atoms with Crippen molar-refractivity contribution >= 4 is 24.4 Å². The molecule has 0 aliphatic carbocycles. The Bertz CT molecular complexity index is 68.8. The van der Waals surface area contributed by atoms with Gasteiger partial charge in [-0.25, -0.2) is 0 Å². The summed E-state index contributed by atoms with van der Waals surface area (Å²) in [5.74, 6) is 1.06. The lowest BCUT2D eigenvalue weighted by Gasteiger charge is -2.20. The van der Waals surface area contributed by atoms with Crippen molar-refractivity contribution in [3.63, 3.8) is 0 Å². The van der Waals surface area contributed by atoms with Crippen LogP contribution in [0.25, 0.3) is 0 Å². The van der Waals surface area contributed by atoms with Gasteiger partial charge in [-0.3, -0.25) is 0 Å². The highest BCUT2D eigenvalue weighted by Gasteiger charge is 2.16. The number of hydrogen-bond acceptors (Lipinski definition) is 3. The lowest BCUT2D eigenvalue weighted by atomic mass is 10.2. The predicted octanol–water partition coefficient (Wildman–Crippen LogP) is 1.13. The van der Waals surface area contributed by atoms with Gasteiger partial charge in [0, 0.05) is 4.58 Å². The van der Waals surface area contributed by atoms with E-state index in [2.05, 4.69) is 12.6 Å². The van der Waals surface area contributed by atoms with Crippen LogP contribution >= 0.6 is 24.4 Å². The fourth-order valence-electron chi connectivity index (χ4n) is 0.759. The number of thioether (sulfide) groups is 1. The average molecular weight is 150 g/mol. The van der Waals surface area contributed by atoms with Crippen molar-refractivity contribution in [2.45, 2.75) is 23.5 Å². The van der Waals surface area contributed by atoms with Gasteiger partial charge in [-0.05, 0) is 18.6 Å². The Balaban J connectivity index is 2.23. The van der Waals surface area contributed by atoms with Crippen molar-refractivity contribution in [3.05, 3.63) is 0 Å². The molecule has 0 bridgehead atoms. The van der Waals surface area contributed by atoms with Crippen LogP contribution in [0.1, 0.15) is 12.8 Å². The number of aliphatic hydroxyl groups is 1. The molecule has 1 rings (SSSR count). The van der Waals surface area contributed by atoms with E-state index in [1.807, 2.05) is 11.8 Å². The zero-order valence-corrected chi connectivity index (χ0v) is 6.29. The normalized spacial score (nSPS) is 39.8. The van der Waals surface area contributed by atoms with Crippen LogP contribution in [0.5, 0.6) is 0 Å². The maximum atomic E-state index is 9.02.